The number of rotatable bonds is 6. The van der Waals surface area contributed by atoms with Crippen LogP contribution in [0.25, 0.3) is 0 Å². The summed E-state index contributed by atoms with van der Waals surface area (Å²) in [6, 6.07) is 0. The Kier molecular flexibility index (Phi) is 4.89. The Balaban J connectivity index is 2.75. The second-order valence-electron chi connectivity index (χ2n) is 3.81. The Morgan fingerprint density at radius 2 is 1.76 bits per heavy atom. The number of nitrogens with two attached hydrogens (primary N) is 1. The van der Waals surface area contributed by atoms with E-state index in [0.717, 1.165) is 0 Å². The van der Waals surface area contributed by atoms with Gasteiger partial charge in [0.2, 0.25) is 17.8 Å². The van der Waals surface area contributed by atoms with E-state index in [9.17, 15) is 0 Å². The molecule has 1 aromatic heterocycles. The van der Waals surface area contributed by atoms with Crippen LogP contribution in [0.15, 0.2) is 0 Å². The molecule has 1 aromatic rings. The van der Waals surface area contributed by atoms with Crippen molar-refractivity contribution in [3.63, 3.8) is 0 Å². The molecule has 0 aliphatic rings. The highest BCUT2D eigenvalue weighted by molar-refractivity contribution is 5.42. The first-order chi connectivity index (χ1) is 8.04. The SMILES string of the molecule is CCOCCN(C)c1nc(N)nc(N(C)C)n1. The Labute approximate surface area is 102 Å². The average Bonchev–Trinajstić information content (AvgIpc) is 2.28. The predicted octanol–water partition coefficient (Wildman–Crippen LogP) is -0.00750. The molecular formula is C10H20N6O. The number of anilines is 3. The molecule has 0 saturated heterocycles. The van der Waals surface area contributed by atoms with Crippen LogP contribution in [-0.4, -0.2) is 55.9 Å². The number of ether oxygens (including phenoxy) is 1. The molecule has 96 valence electrons. The van der Waals surface area contributed by atoms with Crippen molar-refractivity contribution >= 4 is 17.8 Å². The van der Waals surface area contributed by atoms with E-state index in [0.29, 0.717) is 31.7 Å². The number of hydrogen-bond donors (Lipinski definition) is 1. The van der Waals surface area contributed by atoms with Gasteiger partial charge >= 0.3 is 0 Å². The van der Waals surface area contributed by atoms with E-state index in [-0.39, 0.29) is 5.95 Å². The molecule has 0 amide bonds. The molecule has 0 radical (unpaired) electrons. The molecule has 0 aliphatic heterocycles. The topological polar surface area (TPSA) is 80.4 Å². The van der Waals surface area contributed by atoms with Gasteiger partial charge in [-0.25, -0.2) is 0 Å². The minimum atomic E-state index is 0.224. The molecule has 0 bridgehead atoms. The number of nitrogen functional groups attached to an aromatic ring is 1. The summed E-state index contributed by atoms with van der Waals surface area (Å²) < 4.78 is 5.28. The first-order valence-electron chi connectivity index (χ1n) is 5.52. The molecule has 0 spiro atoms. The fourth-order valence-corrected chi connectivity index (χ4v) is 1.19. The third-order valence-corrected chi connectivity index (χ3v) is 2.15. The van der Waals surface area contributed by atoms with Crippen molar-refractivity contribution in [2.75, 3.05) is 56.4 Å². The van der Waals surface area contributed by atoms with Crippen LogP contribution in [0.1, 0.15) is 6.92 Å². The minimum absolute atomic E-state index is 0.224. The van der Waals surface area contributed by atoms with E-state index in [1.54, 1.807) is 4.90 Å². The van der Waals surface area contributed by atoms with Gasteiger partial charge in [-0.2, -0.15) is 15.0 Å². The quantitative estimate of drug-likeness (QED) is 0.700. The molecule has 2 N–H and O–H groups in total. The van der Waals surface area contributed by atoms with Crippen LogP contribution in [0.5, 0.6) is 0 Å². The van der Waals surface area contributed by atoms with E-state index in [1.165, 1.54) is 0 Å². The zero-order valence-corrected chi connectivity index (χ0v) is 10.8. The number of hydrogen-bond acceptors (Lipinski definition) is 7. The molecule has 17 heavy (non-hydrogen) atoms. The molecule has 7 nitrogen and oxygen atoms in total. The lowest BCUT2D eigenvalue weighted by atomic mass is 10.6. The van der Waals surface area contributed by atoms with E-state index in [1.807, 2.05) is 33.0 Å². The summed E-state index contributed by atoms with van der Waals surface area (Å²) in [5.74, 6) is 1.33. The lowest BCUT2D eigenvalue weighted by Crippen LogP contribution is -2.26. The summed E-state index contributed by atoms with van der Waals surface area (Å²) in [7, 11) is 5.62. The maximum atomic E-state index is 5.64. The first-order valence-corrected chi connectivity index (χ1v) is 5.52. The Hall–Kier alpha value is -1.63. The van der Waals surface area contributed by atoms with Gasteiger partial charge in [0.25, 0.3) is 0 Å². The van der Waals surface area contributed by atoms with Crippen LogP contribution in [0.4, 0.5) is 17.8 Å². The Morgan fingerprint density at radius 1 is 1.12 bits per heavy atom. The summed E-state index contributed by atoms with van der Waals surface area (Å²) in [6.07, 6.45) is 0. The van der Waals surface area contributed by atoms with Gasteiger partial charge in [0.05, 0.1) is 6.61 Å². The molecule has 1 heterocycles. The highest BCUT2D eigenvalue weighted by Crippen LogP contribution is 2.11. The van der Waals surface area contributed by atoms with Crippen molar-refractivity contribution in [1.82, 2.24) is 15.0 Å². The highest BCUT2D eigenvalue weighted by Gasteiger charge is 2.09. The molecule has 0 unspecified atom stereocenters. The van der Waals surface area contributed by atoms with Crippen molar-refractivity contribution < 1.29 is 4.74 Å². The Bertz CT molecular complexity index is 357. The fraction of sp³-hybridized carbons (Fsp3) is 0.700. The standard InChI is InChI=1S/C10H20N6O/c1-5-17-7-6-16(4)10-13-8(11)12-9(14-10)15(2)3/h5-7H2,1-4H3,(H2,11,12,13,14). The van der Waals surface area contributed by atoms with Crippen LogP contribution >= 0.6 is 0 Å². The Morgan fingerprint density at radius 3 is 2.35 bits per heavy atom. The third-order valence-electron chi connectivity index (χ3n) is 2.15. The molecule has 0 fully saturated rings. The van der Waals surface area contributed by atoms with Crippen LogP contribution in [0.2, 0.25) is 0 Å². The molecule has 7 heteroatoms. The first kappa shape index (κ1) is 13.4. The third kappa shape index (κ3) is 4.03. The van der Waals surface area contributed by atoms with E-state index in [2.05, 4.69) is 15.0 Å². The van der Waals surface area contributed by atoms with Gasteiger partial charge in [-0.1, -0.05) is 0 Å². The van der Waals surface area contributed by atoms with Crippen molar-refractivity contribution in [3.8, 4) is 0 Å². The van der Waals surface area contributed by atoms with E-state index in [4.69, 9.17) is 10.5 Å². The lowest BCUT2D eigenvalue weighted by molar-refractivity contribution is 0.154. The molecular weight excluding hydrogens is 220 g/mol. The van der Waals surface area contributed by atoms with Crippen molar-refractivity contribution in [1.29, 1.82) is 0 Å². The molecule has 1 rings (SSSR count). The monoisotopic (exact) mass is 240 g/mol. The fourth-order valence-electron chi connectivity index (χ4n) is 1.19. The van der Waals surface area contributed by atoms with Crippen LogP contribution in [-0.2, 0) is 4.74 Å². The maximum absolute atomic E-state index is 5.64. The smallest absolute Gasteiger partial charge is 0.231 e. The zero-order chi connectivity index (χ0) is 12.8. The van der Waals surface area contributed by atoms with Gasteiger partial charge in [0.1, 0.15) is 0 Å². The molecule has 0 atom stereocenters. The molecule has 0 saturated carbocycles. The van der Waals surface area contributed by atoms with Gasteiger partial charge in [-0.3, -0.25) is 0 Å². The van der Waals surface area contributed by atoms with Gasteiger partial charge in [0.15, 0.2) is 0 Å². The van der Waals surface area contributed by atoms with E-state index < -0.39 is 0 Å². The van der Waals surface area contributed by atoms with Gasteiger partial charge < -0.3 is 20.3 Å². The summed E-state index contributed by atoms with van der Waals surface area (Å²) >= 11 is 0. The van der Waals surface area contributed by atoms with Crippen molar-refractivity contribution in [2.24, 2.45) is 0 Å². The highest BCUT2D eigenvalue weighted by atomic mass is 16.5. The second-order valence-corrected chi connectivity index (χ2v) is 3.81. The van der Waals surface area contributed by atoms with Crippen LogP contribution in [0, 0.1) is 0 Å². The van der Waals surface area contributed by atoms with Gasteiger partial charge in [0, 0.05) is 34.3 Å². The second kappa shape index (κ2) is 6.19. The number of likely N-dealkylation sites (N-methyl/N-ethyl adjacent to an activating group) is 1. The number of aromatic nitrogens is 3. The molecule has 0 aliphatic carbocycles. The minimum Gasteiger partial charge on any atom is -0.380 e. The van der Waals surface area contributed by atoms with Crippen LogP contribution in [0.3, 0.4) is 0 Å². The van der Waals surface area contributed by atoms with E-state index >= 15 is 0 Å². The zero-order valence-electron chi connectivity index (χ0n) is 10.8. The lowest BCUT2D eigenvalue weighted by Gasteiger charge is -2.18. The normalized spacial score (nSPS) is 10.4. The van der Waals surface area contributed by atoms with Gasteiger partial charge in [-0.05, 0) is 6.92 Å². The summed E-state index contributed by atoms with van der Waals surface area (Å²) in [5.41, 5.74) is 5.64. The largest absolute Gasteiger partial charge is 0.380 e. The number of nitrogens with zero attached hydrogens (tertiary/aromatic N) is 5. The average molecular weight is 240 g/mol. The van der Waals surface area contributed by atoms with Crippen molar-refractivity contribution in [2.45, 2.75) is 6.92 Å². The summed E-state index contributed by atoms with van der Waals surface area (Å²) in [6.45, 7) is 4.02. The summed E-state index contributed by atoms with van der Waals surface area (Å²) in [4.78, 5) is 16.1. The van der Waals surface area contributed by atoms with Crippen LogP contribution < -0.4 is 15.5 Å². The van der Waals surface area contributed by atoms with Gasteiger partial charge in [-0.15, -0.1) is 0 Å². The molecule has 0 aromatic carbocycles. The summed E-state index contributed by atoms with van der Waals surface area (Å²) in [5, 5.41) is 0. The maximum Gasteiger partial charge on any atom is 0.231 e. The predicted molar refractivity (Wildman–Crippen MR) is 68.3 cm³/mol. The van der Waals surface area contributed by atoms with Crippen molar-refractivity contribution in [3.05, 3.63) is 0 Å².